The molecule has 1 unspecified atom stereocenters. The van der Waals surface area contributed by atoms with Gasteiger partial charge in [0.25, 0.3) is 0 Å². The summed E-state index contributed by atoms with van der Waals surface area (Å²) in [7, 11) is 0. The Morgan fingerprint density at radius 1 is 0.758 bits per heavy atom. The summed E-state index contributed by atoms with van der Waals surface area (Å²) in [4.78, 5) is 59.5. The molecule has 2 aromatic carbocycles. The Kier molecular flexibility index (Phi) is 11.2. The van der Waals surface area contributed by atoms with E-state index in [0.717, 1.165) is 23.5 Å². The van der Waals surface area contributed by atoms with Crippen LogP contribution in [0.1, 0.15) is 33.6 Å². The van der Waals surface area contributed by atoms with Gasteiger partial charge in [0.05, 0.1) is 11.5 Å². The molecule has 0 aliphatic rings. The summed E-state index contributed by atoms with van der Waals surface area (Å²) in [5.41, 5.74) is 0.969. The van der Waals surface area contributed by atoms with Crippen LogP contribution in [0.2, 0.25) is 0 Å². The fourth-order valence-corrected chi connectivity index (χ4v) is 3.97. The van der Waals surface area contributed by atoms with Crippen molar-refractivity contribution in [1.29, 1.82) is 0 Å². The Morgan fingerprint density at radius 3 is 1.73 bits per heavy atom. The van der Waals surface area contributed by atoms with Gasteiger partial charge in [-0.3, -0.25) is 24.0 Å². The number of thioether (sulfide) groups is 2. The molecule has 0 radical (unpaired) electrons. The molecule has 0 bridgehead atoms. The van der Waals surface area contributed by atoms with Crippen LogP contribution < -0.4 is 10.6 Å². The molecular formula is C23H24N2O6S2. The number of rotatable bonds is 12. The second kappa shape index (κ2) is 14.1. The minimum absolute atomic E-state index is 0.00917. The summed E-state index contributed by atoms with van der Waals surface area (Å²) in [5.74, 6) is -2.12. The number of carboxylic acids is 1. The first-order chi connectivity index (χ1) is 15.8. The predicted octanol–water partition coefficient (Wildman–Crippen LogP) is 2.60. The predicted molar refractivity (Wildman–Crippen MR) is 128 cm³/mol. The Balaban J connectivity index is 1.79. The molecule has 0 saturated carbocycles. The maximum atomic E-state index is 12.3. The molecular weight excluding hydrogens is 464 g/mol. The summed E-state index contributed by atoms with van der Waals surface area (Å²) < 4.78 is 0. The smallest absolute Gasteiger partial charge is 0.303 e. The maximum Gasteiger partial charge on any atom is 0.303 e. The van der Waals surface area contributed by atoms with Gasteiger partial charge in [0, 0.05) is 30.1 Å². The van der Waals surface area contributed by atoms with Gasteiger partial charge in [-0.2, -0.15) is 0 Å². The summed E-state index contributed by atoms with van der Waals surface area (Å²) in [5, 5.41) is 13.7. The van der Waals surface area contributed by atoms with E-state index in [4.69, 9.17) is 5.11 Å². The normalized spacial score (nSPS) is 11.3. The molecule has 10 heteroatoms. The van der Waals surface area contributed by atoms with E-state index >= 15 is 0 Å². The largest absolute Gasteiger partial charge is 0.481 e. The summed E-state index contributed by atoms with van der Waals surface area (Å²) in [6.45, 7) is 0.00917. The van der Waals surface area contributed by atoms with Crippen LogP contribution in [-0.2, 0) is 14.4 Å². The lowest BCUT2D eigenvalue weighted by Crippen LogP contribution is -2.45. The minimum atomic E-state index is -1.03. The van der Waals surface area contributed by atoms with Crippen LogP contribution in [0.4, 0.5) is 0 Å². The van der Waals surface area contributed by atoms with Gasteiger partial charge in [-0.25, -0.2) is 0 Å². The minimum Gasteiger partial charge on any atom is -0.481 e. The first-order valence-electron chi connectivity index (χ1n) is 10.1. The van der Waals surface area contributed by atoms with E-state index in [0.29, 0.717) is 11.1 Å². The molecule has 0 aliphatic carbocycles. The Morgan fingerprint density at radius 2 is 1.24 bits per heavy atom. The Hall–Kier alpha value is -3.11. The number of aliphatic carboxylic acids is 1. The molecule has 174 valence electrons. The molecule has 2 amide bonds. The van der Waals surface area contributed by atoms with Gasteiger partial charge >= 0.3 is 5.97 Å². The number of carbonyl (C=O) groups excluding carboxylic acids is 4. The van der Waals surface area contributed by atoms with Gasteiger partial charge in [0.2, 0.25) is 22.0 Å². The zero-order chi connectivity index (χ0) is 24.1. The molecule has 0 heterocycles. The van der Waals surface area contributed by atoms with Crippen LogP contribution in [0.25, 0.3) is 0 Å². The van der Waals surface area contributed by atoms with Crippen LogP contribution in [-0.4, -0.2) is 57.2 Å². The quantitative estimate of drug-likeness (QED) is 0.416. The molecule has 0 spiro atoms. The SMILES string of the molecule is O=C(O)CCC(CNC(=O)CSC(=O)c1ccccc1)NC(=O)CSC(=O)c1ccccc1. The third-order valence-corrected chi connectivity index (χ3v) is 6.11. The fraction of sp³-hybridized carbons (Fsp3) is 0.261. The molecule has 0 aliphatic heterocycles. The van der Waals surface area contributed by atoms with Crippen molar-refractivity contribution in [3.63, 3.8) is 0 Å². The van der Waals surface area contributed by atoms with E-state index in [2.05, 4.69) is 10.6 Å². The number of hydrogen-bond acceptors (Lipinski definition) is 7. The second-order valence-electron chi connectivity index (χ2n) is 6.89. The van der Waals surface area contributed by atoms with E-state index in [1.165, 1.54) is 0 Å². The van der Waals surface area contributed by atoms with Crippen molar-refractivity contribution in [2.24, 2.45) is 0 Å². The number of amides is 2. The Labute approximate surface area is 199 Å². The number of nitrogens with one attached hydrogen (secondary N) is 2. The van der Waals surface area contributed by atoms with Gasteiger partial charge in [0.1, 0.15) is 0 Å². The van der Waals surface area contributed by atoms with Crippen molar-refractivity contribution in [1.82, 2.24) is 10.6 Å². The van der Waals surface area contributed by atoms with Gasteiger partial charge in [0.15, 0.2) is 0 Å². The average molecular weight is 489 g/mol. The van der Waals surface area contributed by atoms with E-state index in [-0.39, 0.29) is 41.1 Å². The topological polar surface area (TPSA) is 130 Å². The van der Waals surface area contributed by atoms with Crippen LogP contribution >= 0.6 is 23.5 Å². The van der Waals surface area contributed by atoms with Crippen molar-refractivity contribution in [3.8, 4) is 0 Å². The molecule has 0 aromatic heterocycles. The summed E-state index contributed by atoms with van der Waals surface area (Å²) >= 11 is 1.70. The molecule has 8 nitrogen and oxygen atoms in total. The Bertz CT molecular complexity index is 969. The van der Waals surface area contributed by atoms with Gasteiger partial charge in [-0.1, -0.05) is 84.2 Å². The van der Waals surface area contributed by atoms with Crippen molar-refractivity contribution in [3.05, 3.63) is 71.8 Å². The van der Waals surface area contributed by atoms with Gasteiger partial charge in [-0.15, -0.1) is 0 Å². The number of carboxylic acid groups (broad SMARTS) is 1. The highest BCUT2D eigenvalue weighted by Gasteiger charge is 2.17. The van der Waals surface area contributed by atoms with E-state index in [1.54, 1.807) is 60.7 Å². The van der Waals surface area contributed by atoms with Gasteiger partial charge in [-0.05, 0) is 6.42 Å². The molecule has 1 atom stereocenters. The zero-order valence-corrected chi connectivity index (χ0v) is 19.3. The monoisotopic (exact) mass is 488 g/mol. The van der Waals surface area contributed by atoms with Crippen LogP contribution in [0.5, 0.6) is 0 Å². The molecule has 0 fully saturated rings. The van der Waals surface area contributed by atoms with E-state index in [1.807, 2.05) is 0 Å². The molecule has 33 heavy (non-hydrogen) atoms. The lowest BCUT2D eigenvalue weighted by Gasteiger charge is -2.18. The molecule has 3 N–H and O–H groups in total. The van der Waals surface area contributed by atoms with E-state index < -0.39 is 23.8 Å². The number of hydrogen-bond donors (Lipinski definition) is 3. The van der Waals surface area contributed by atoms with Gasteiger partial charge < -0.3 is 15.7 Å². The first-order valence-corrected chi connectivity index (χ1v) is 12.0. The van der Waals surface area contributed by atoms with Crippen molar-refractivity contribution in [2.45, 2.75) is 18.9 Å². The van der Waals surface area contributed by atoms with Crippen molar-refractivity contribution < 1.29 is 29.1 Å². The van der Waals surface area contributed by atoms with Crippen molar-refractivity contribution >= 4 is 51.5 Å². The van der Waals surface area contributed by atoms with Crippen molar-refractivity contribution in [2.75, 3.05) is 18.1 Å². The number of carbonyl (C=O) groups is 5. The molecule has 2 aromatic rings. The van der Waals surface area contributed by atoms with E-state index in [9.17, 15) is 24.0 Å². The number of benzene rings is 2. The zero-order valence-electron chi connectivity index (χ0n) is 17.7. The highest BCUT2D eigenvalue weighted by atomic mass is 32.2. The molecule has 2 rings (SSSR count). The van der Waals surface area contributed by atoms with Crippen LogP contribution in [0.3, 0.4) is 0 Å². The fourth-order valence-electron chi connectivity index (χ4n) is 2.66. The average Bonchev–Trinajstić information content (AvgIpc) is 2.83. The first kappa shape index (κ1) is 26.1. The second-order valence-corrected chi connectivity index (χ2v) is 8.78. The highest BCUT2D eigenvalue weighted by Crippen LogP contribution is 2.13. The molecule has 0 saturated heterocycles. The van der Waals surface area contributed by atoms with Crippen LogP contribution in [0.15, 0.2) is 60.7 Å². The van der Waals surface area contributed by atoms with Crippen LogP contribution in [0, 0.1) is 0 Å². The summed E-state index contributed by atoms with van der Waals surface area (Å²) in [6.07, 6.45) is -0.0904. The lowest BCUT2D eigenvalue weighted by atomic mass is 10.1. The third kappa shape index (κ3) is 10.4. The lowest BCUT2D eigenvalue weighted by molar-refractivity contribution is -0.137. The standard InChI is InChI=1S/C23H24N2O6S2/c26-19(14-32-22(30)16-7-3-1-4-8-16)24-13-18(11-12-21(28)29)25-20(27)15-33-23(31)17-9-5-2-6-10-17/h1-10,18H,11-15H2,(H,24,26)(H,25,27)(H,28,29). The maximum absolute atomic E-state index is 12.3. The summed E-state index contributed by atoms with van der Waals surface area (Å²) in [6, 6.07) is 16.5. The third-order valence-electron chi connectivity index (χ3n) is 4.31. The highest BCUT2D eigenvalue weighted by molar-refractivity contribution is 8.14.